The third-order valence-electron chi connectivity index (χ3n) is 2.98. The fourth-order valence-electron chi connectivity index (χ4n) is 1.84. The Hall–Kier alpha value is -2.41. The van der Waals surface area contributed by atoms with Crippen molar-refractivity contribution in [3.05, 3.63) is 59.9 Å². The average molecular weight is 322 g/mol. The van der Waals surface area contributed by atoms with Crippen LogP contribution in [-0.2, 0) is 21.2 Å². The smallest absolute Gasteiger partial charge is 0.264 e. The molecule has 0 aliphatic rings. The summed E-state index contributed by atoms with van der Waals surface area (Å²) in [6, 6.07) is 11.5. The summed E-state index contributed by atoms with van der Waals surface area (Å²) in [6.45, 7) is 0. The van der Waals surface area contributed by atoms with Crippen LogP contribution in [0.4, 0.5) is 10.1 Å². The number of nitrogens with one attached hydrogen (secondary N) is 2. The summed E-state index contributed by atoms with van der Waals surface area (Å²) in [6.07, 6.45) is 0.205. The van der Waals surface area contributed by atoms with Gasteiger partial charge in [-0.3, -0.25) is 9.52 Å². The van der Waals surface area contributed by atoms with E-state index in [0.717, 1.165) is 11.6 Å². The Balaban J connectivity index is 2.17. The fraction of sp³-hybridized carbons (Fsp3) is 0.133. The minimum Gasteiger partial charge on any atom is -0.359 e. The van der Waals surface area contributed by atoms with E-state index in [0.29, 0.717) is 5.69 Å². The molecule has 0 atom stereocenters. The molecule has 5 nitrogen and oxygen atoms in total. The van der Waals surface area contributed by atoms with E-state index in [1.807, 2.05) is 0 Å². The summed E-state index contributed by atoms with van der Waals surface area (Å²) in [5.74, 6) is -0.953. The van der Waals surface area contributed by atoms with E-state index in [4.69, 9.17) is 0 Å². The molecule has 1 amide bonds. The van der Waals surface area contributed by atoms with E-state index in [1.165, 1.54) is 30.3 Å². The lowest BCUT2D eigenvalue weighted by Crippen LogP contribution is -2.20. The van der Waals surface area contributed by atoms with Crippen molar-refractivity contribution >= 4 is 21.6 Å². The average Bonchev–Trinajstić information content (AvgIpc) is 2.49. The Kier molecular flexibility index (Phi) is 4.77. The highest BCUT2D eigenvalue weighted by Gasteiger charge is 2.18. The van der Waals surface area contributed by atoms with Crippen LogP contribution >= 0.6 is 0 Å². The molecule has 22 heavy (non-hydrogen) atoms. The van der Waals surface area contributed by atoms with E-state index in [-0.39, 0.29) is 12.3 Å². The summed E-state index contributed by atoms with van der Waals surface area (Å²) in [4.78, 5) is 10.8. The SMILES string of the molecule is CNC(=O)Cc1ccc(NS(=O)(=O)c2ccccc2F)cc1. The van der Waals surface area contributed by atoms with E-state index in [2.05, 4.69) is 10.0 Å². The van der Waals surface area contributed by atoms with Gasteiger partial charge in [-0.2, -0.15) is 0 Å². The van der Waals surface area contributed by atoms with Gasteiger partial charge < -0.3 is 5.32 Å². The molecule has 0 unspecified atom stereocenters. The fourth-order valence-corrected chi connectivity index (χ4v) is 2.98. The Morgan fingerprint density at radius 3 is 2.32 bits per heavy atom. The van der Waals surface area contributed by atoms with Crippen molar-refractivity contribution in [3.8, 4) is 0 Å². The largest absolute Gasteiger partial charge is 0.359 e. The number of sulfonamides is 1. The zero-order valence-corrected chi connectivity index (χ0v) is 12.7. The van der Waals surface area contributed by atoms with Gasteiger partial charge in [0.05, 0.1) is 6.42 Å². The molecule has 0 aliphatic carbocycles. The summed E-state index contributed by atoms with van der Waals surface area (Å²) >= 11 is 0. The second-order valence-corrected chi connectivity index (χ2v) is 6.23. The van der Waals surface area contributed by atoms with E-state index in [1.54, 1.807) is 19.2 Å². The third-order valence-corrected chi connectivity index (χ3v) is 4.39. The summed E-state index contributed by atoms with van der Waals surface area (Å²) < 4.78 is 40.1. The van der Waals surface area contributed by atoms with Crippen LogP contribution in [0.15, 0.2) is 53.4 Å². The van der Waals surface area contributed by atoms with Crippen molar-refractivity contribution in [2.75, 3.05) is 11.8 Å². The van der Waals surface area contributed by atoms with E-state index >= 15 is 0 Å². The number of amides is 1. The Morgan fingerprint density at radius 1 is 1.09 bits per heavy atom. The third kappa shape index (κ3) is 3.82. The Bertz CT molecular complexity index is 774. The number of hydrogen-bond donors (Lipinski definition) is 2. The molecule has 0 saturated heterocycles. The number of carbonyl (C=O) groups is 1. The van der Waals surface area contributed by atoms with Gasteiger partial charge in [0.2, 0.25) is 5.91 Å². The second-order valence-electron chi connectivity index (χ2n) is 4.58. The quantitative estimate of drug-likeness (QED) is 0.883. The van der Waals surface area contributed by atoms with Crippen LogP contribution in [0.1, 0.15) is 5.56 Å². The van der Waals surface area contributed by atoms with Crippen molar-refractivity contribution < 1.29 is 17.6 Å². The van der Waals surface area contributed by atoms with Gasteiger partial charge >= 0.3 is 0 Å². The van der Waals surface area contributed by atoms with Gasteiger partial charge in [-0.15, -0.1) is 0 Å². The lowest BCUT2D eigenvalue weighted by atomic mass is 10.1. The highest BCUT2D eigenvalue weighted by atomic mass is 32.2. The standard InChI is InChI=1S/C15H15FN2O3S/c1-17-15(19)10-11-6-8-12(9-7-11)18-22(20,21)14-5-3-2-4-13(14)16/h2-9,18H,10H2,1H3,(H,17,19). The lowest BCUT2D eigenvalue weighted by molar-refractivity contribution is -0.119. The molecule has 2 N–H and O–H groups in total. The van der Waals surface area contributed by atoms with Gasteiger partial charge in [0, 0.05) is 12.7 Å². The topological polar surface area (TPSA) is 75.3 Å². The first kappa shape index (κ1) is 16.0. The highest BCUT2D eigenvalue weighted by Crippen LogP contribution is 2.19. The van der Waals surface area contributed by atoms with Crippen LogP contribution in [-0.4, -0.2) is 21.4 Å². The van der Waals surface area contributed by atoms with Gasteiger partial charge in [-0.25, -0.2) is 12.8 Å². The minimum absolute atomic E-state index is 0.139. The molecule has 0 spiro atoms. The van der Waals surface area contributed by atoms with Gasteiger partial charge in [0.15, 0.2) is 0 Å². The van der Waals surface area contributed by atoms with Crippen LogP contribution in [0.5, 0.6) is 0 Å². The first-order chi connectivity index (χ1) is 10.4. The second kappa shape index (κ2) is 6.57. The van der Waals surface area contributed by atoms with Crippen LogP contribution in [0.25, 0.3) is 0 Å². The molecule has 0 radical (unpaired) electrons. The van der Waals surface area contributed by atoms with Gasteiger partial charge in [0.1, 0.15) is 10.7 Å². The first-order valence-electron chi connectivity index (χ1n) is 6.49. The normalized spacial score (nSPS) is 11.0. The summed E-state index contributed by atoms with van der Waals surface area (Å²) in [5.41, 5.74) is 1.04. The maximum Gasteiger partial charge on any atom is 0.264 e. The minimum atomic E-state index is -3.99. The molecule has 7 heteroatoms. The number of hydrogen-bond acceptors (Lipinski definition) is 3. The number of rotatable bonds is 5. The Morgan fingerprint density at radius 2 is 1.73 bits per heavy atom. The molecular formula is C15H15FN2O3S. The molecular weight excluding hydrogens is 307 g/mol. The number of anilines is 1. The number of likely N-dealkylation sites (N-methyl/N-ethyl adjacent to an activating group) is 1. The monoisotopic (exact) mass is 322 g/mol. The first-order valence-corrected chi connectivity index (χ1v) is 7.97. The van der Waals surface area contributed by atoms with Crippen LogP contribution in [0.2, 0.25) is 0 Å². The van der Waals surface area contributed by atoms with Crippen molar-refractivity contribution in [1.82, 2.24) is 5.32 Å². The zero-order valence-electron chi connectivity index (χ0n) is 11.8. The zero-order chi connectivity index (χ0) is 16.2. The molecule has 0 saturated carbocycles. The van der Waals surface area contributed by atoms with E-state index in [9.17, 15) is 17.6 Å². The number of halogens is 1. The van der Waals surface area contributed by atoms with Crippen molar-refractivity contribution in [2.45, 2.75) is 11.3 Å². The molecule has 116 valence electrons. The lowest BCUT2D eigenvalue weighted by Gasteiger charge is -2.09. The maximum atomic E-state index is 13.6. The van der Waals surface area contributed by atoms with E-state index < -0.39 is 20.7 Å². The molecule has 0 bridgehead atoms. The highest BCUT2D eigenvalue weighted by molar-refractivity contribution is 7.92. The van der Waals surface area contributed by atoms with Gasteiger partial charge in [0.25, 0.3) is 10.0 Å². The number of carbonyl (C=O) groups excluding carboxylic acids is 1. The molecule has 2 aromatic rings. The molecule has 0 aliphatic heterocycles. The Labute approximate surface area is 128 Å². The molecule has 0 aromatic heterocycles. The van der Waals surface area contributed by atoms with Crippen molar-refractivity contribution in [2.24, 2.45) is 0 Å². The molecule has 0 fully saturated rings. The number of benzene rings is 2. The maximum absolute atomic E-state index is 13.6. The van der Waals surface area contributed by atoms with Crippen LogP contribution < -0.4 is 10.0 Å². The molecule has 2 rings (SSSR count). The molecule has 2 aromatic carbocycles. The summed E-state index contributed by atoms with van der Waals surface area (Å²) in [5, 5.41) is 2.50. The summed E-state index contributed by atoms with van der Waals surface area (Å²) in [7, 11) is -2.45. The van der Waals surface area contributed by atoms with Crippen molar-refractivity contribution in [3.63, 3.8) is 0 Å². The van der Waals surface area contributed by atoms with Gasteiger partial charge in [-0.05, 0) is 29.8 Å². The van der Waals surface area contributed by atoms with Crippen molar-refractivity contribution in [1.29, 1.82) is 0 Å². The predicted octanol–water partition coefficient (Wildman–Crippen LogP) is 1.91. The molecule has 0 heterocycles. The van der Waals surface area contributed by atoms with Crippen LogP contribution in [0, 0.1) is 5.82 Å². The predicted molar refractivity (Wildman–Crippen MR) is 81.4 cm³/mol. The van der Waals surface area contributed by atoms with Gasteiger partial charge in [-0.1, -0.05) is 24.3 Å². The van der Waals surface area contributed by atoms with Crippen LogP contribution in [0.3, 0.4) is 0 Å².